The normalized spacial score (nSPS) is 26.5. The van der Waals surface area contributed by atoms with Crippen molar-refractivity contribution in [3.63, 3.8) is 0 Å². The molecule has 4 heteroatoms. The molecule has 1 aliphatic carbocycles. The number of hydrogen-bond acceptors (Lipinski definition) is 3. The lowest BCUT2D eigenvalue weighted by atomic mass is 9.85. The summed E-state index contributed by atoms with van der Waals surface area (Å²) in [5.41, 5.74) is 0. The summed E-state index contributed by atoms with van der Waals surface area (Å²) in [6.07, 6.45) is 5.56. The number of likely N-dealkylation sites (tertiary alicyclic amines) is 1. The first-order valence-corrected chi connectivity index (χ1v) is 9.33. The van der Waals surface area contributed by atoms with Gasteiger partial charge in [-0.2, -0.15) is 0 Å². The zero-order valence-electron chi connectivity index (χ0n) is 14.4. The van der Waals surface area contributed by atoms with Crippen LogP contribution in [0.5, 0.6) is 5.75 Å². The Labute approximate surface area is 148 Å². The largest absolute Gasteiger partial charge is 0.492 e. The van der Waals surface area contributed by atoms with Gasteiger partial charge in [0, 0.05) is 18.0 Å². The Morgan fingerprint density at radius 3 is 2.80 bits per heavy atom. The lowest BCUT2D eigenvalue weighted by Gasteiger charge is -2.32. The molecule has 4 rings (SSSR count). The van der Waals surface area contributed by atoms with E-state index in [1.54, 1.807) is 0 Å². The van der Waals surface area contributed by atoms with Crippen molar-refractivity contribution in [1.29, 1.82) is 0 Å². The quantitative estimate of drug-likeness (QED) is 0.896. The highest BCUT2D eigenvalue weighted by molar-refractivity contribution is 5.88. The van der Waals surface area contributed by atoms with Gasteiger partial charge >= 0.3 is 5.97 Å². The minimum Gasteiger partial charge on any atom is -0.492 e. The monoisotopic (exact) mass is 339 g/mol. The Balaban J connectivity index is 1.45. The highest BCUT2D eigenvalue weighted by Crippen LogP contribution is 2.39. The maximum absolute atomic E-state index is 11.7. The predicted molar refractivity (Wildman–Crippen MR) is 97.9 cm³/mol. The number of rotatable bonds is 5. The standard InChI is InChI=1S/C21H25NO3/c23-21(24)19-14-16-7-2-4-10-18(16)22(19)12-13-25-20-11-5-8-15-6-1-3-9-17(15)20/h1,3,5-6,8-9,11,16,18-19H,2,4,7,10,12-14H2,(H,23,24). The van der Waals surface area contributed by atoms with Gasteiger partial charge in [-0.05, 0) is 36.6 Å². The van der Waals surface area contributed by atoms with Crippen molar-refractivity contribution < 1.29 is 14.6 Å². The van der Waals surface area contributed by atoms with E-state index >= 15 is 0 Å². The zero-order valence-corrected chi connectivity index (χ0v) is 14.4. The molecule has 3 atom stereocenters. The third-order valence-corrected chi connectivity index (χ3v) is 5.86. The van der Waals surface area contributed by atoms with E-state index < -0.39 is 5.97 Å². The fourth-order valence-electron chi connectivity index (χ4n) is 4.70. The Hall–Kier alpha value is -2.07. The van der Waals surface area contributed by atoms with Gasteiger partial charge in [0.1, 0.15) is 18.4 Å². The molecule has 0 spiro atoms. The van der Waals surface area contributed by atoms with Gasteiger partial charge in [0.25, 0.3) is 0 Å². The van der Waals surface area contributed by atoms with Crippen LogP contribution in [0.2, 0.25) is 0 Å². The Morgan fingerprint density at radius 2 is 1.92 bits per heavy atom. The summed E-state index contributed by atoms with van der Waals surface area (Å²) in [6.45, 7) is 1.21. The van der Waals surface area contributed by atoms with Crippen molar-refractivity contribution in [2.45, 2.75) is 44.2 Å². The molecule has 0 radical (unpaired) electrons. The molecule has 132 valence electrons. The number of aliphatic carboxylic acids is 1. The summed E-state index contributed by atoms with van der Waals surface area (Å²) in [5, 5.41) is 11.9. The van der Waals surface area contributed by atoms with Gasteiger partial charge in [0.15, 0.2) is 0 Å². The van der Waals surface area contributed by atoms with Gasteiger partial charge in [-0.25, -0.2) is 0 Å². The number of nitrogens with zero attached hydrogens (tertiary/aromatic N) is 1. The summed E-state index contributed by atoms with van der Waals surface area (Å²) >= 11 is 0. The van der Waals surface area contributed by atoms with Crippen LogP contribution in [0, 0.1) is 5.92 Å². The zero-order chi connectivity index (χ0) is 17.2. The SMILES string of the molecule is O=C(O)C1CC2CCCCC2N1CCOc1cccc2ccccc12. The van der Waals surface area contributed by atoms with E-state index in [1.165, 1.54) is 19.3 Å². The van der Waals surface area contributed by atoms with Crippen molar-refractivity contribution in [2.75, 3.05) is 13.2 Å². The molecule has 0 bridgehead atoms. The van der Waals surface area contributed by atoms with E-state index in [0.717, 1.165) is 29.4 Å². The molecule has 1 aliphatic heterocycles. The van der Waals surface area contributed by atoms with Crippen LogP contribution >= 0.6 is 0 Å². The second kappa shape index (κ2) is 7.04. The van der Waals surface area contributed by atoms with Gasteiger partial charge in [0.2, 0.25) is 0 Å². The van der Waals surface area contributed by atoms with Crippen LogP contribution in [0.15, 0.2) is 42.5 Å². The van der Waals surface area contributed by atoms with E-state index in [4.69, 9.17) is 4.74 Å². The summed E-state index contributed by atoms with van der Waals surface area (Å²) in [4.78, 5) is 13.9. The molecule has 1 saturated heterocycles. The molecule has 3 unspecified atom stereocenters. The van der Waals surface area contributed by atoms with Crippen molar-refractivity contribution in [3.05, 3.63) is 42.5 Å². The molecule has 1 heterocycles. The lowest BCUT2D eigenvalue weighted by Crippen LogP contribution is -2.44. The smallest absolute Gasteiger partial charge is 0.320 e. The van der Waals surface area contributed by atoms with Crippen molar-refractivity contribution in [2.24, 2.45) is 5.92 Å². The Kier molecular flexibility index (Phi) is 4.62. The first-order chi connectivity index (χ1) is 12.2. The summed E-state index contributed by atoms with van der Waals surface area (Å²) in [7, 11) is 0. The fraction of sp³-hybridized carbons (Fsp3) is 0.476. The average molecular weight is 339 g/mol. The van der Waals surface area contributed by atoms with Crippen LogP contribution in [0.1, 0.15) is 32.1 Å². The van der Waals surface area contributed by atoms with E-state index in [-0.39, 0.29) is 6.04 Å². The Morgan fingerprint density at radius 1 is 1.12 bits per heavy atom. The second-order valence-electron chi connectivity index (χ2n) is 7.27. The number of ether oxygens (including phenoxy) is 1. The number of benzene rings is 2. The molecule has 2 aliphatic rings. The third-order valence-electron chi connectivity index (χ3n) is 5.86. The van der Waals surface area contributed by atoms with E-state index in [9.17, 15) is 9.90 Å². The van der Waals surface area contributed by atoms with Crippen LogP contribution in [0.3, 0.4) is 0 Å². The first kappa shape index (κ1) is 16.4. The van der Waals surface area contributed by atoms with Gasteiger partial charge in [0.05, 0.1) is 0 Å². The maximum atomic E-state index is 11.7. The van der Waals surface area contributed by atoms with Crippen LogP contribution < -0.4 is 4.74 Å². The van der Waals surface area contributed by atoms with Gasteiger partial charge in [-0.15, -0.1) is 0 Å². The van der Waals surface area contributed by atoms with Crippen LogP contribution in [-0.4, -0.2) is 41.2 Å². The van der Waals surface area contributed by atoms with Crippen molar-refractivity contribution >= 4 is 16.7 Å². The molecule has 1 N–H and O–H groups in total. The molecular weight excluding hydrogens is 314 g/mol. The van der Waals surface area contributed by atoms with Gasteiger partial charge in [-0.1, -0.05) is 49.2 Å². The molecule has 2 fully saturated rings. The number of hydrogen-bond donors (Lipinski definition) is 1. The van der Waals surface area contributed by atoms with E-state index in [1.807, 2.05) is 24.3 Å². The van der Waals surface area contributed by atoms with Crippen LogP contribution in [-0.2, 0) is 4.79 Å². The molecule has 4 nitrogen and oxygen atoms in total. The molecule has 25 heavy (non-hydrogen) atoms. The number of carboxylic acids is 1. The van der Waals surface area contributed by atoms with Crippen LogP contribution in [0.4, 0.5) is 0 Å². The minimum atomic E-state index is -0.681. The topological polar surface area (TPSA) is 49.8 Å². The highest BCUT2D eigenvalue weighted by Gasteiger charge is 2.44. The molecule has 2 aromatic carbocycles. The fourth-order valence-corrected chi connectivity index (χ4v) is 4.70. The lowest BCUT2D eigenvalue weighted by molar-refractivity contribution is -0.142. The molecule has 0 aromatic heterocycles. The first-order valence-electron chi connectivity index (χ1n) is 9.33. The summed E-state index contributed by atoms with van der Waals surface area (Å²) in [6, 6.07) is 14.3. The van der Waals surface area contributed by atoms with Gasteiger partial charge in [-0.3, -0.25) is 9.69 Å². The Bertz CT molecular complexity index is 754. The molecular formula is C21H25NO3. The number of carbonyl (C=O) groups is 1. The summed E-state index contributed by atoms with van der Waals surface area (Å²) in [5.74, 6) is 0.747. The number of fused-ring (bicyclic) bond motifs is 2. The maximum Gasteiger partial charge on any atom is 0.320 e. The highest BCUT2D eigenvalue weighted by atomic mass is 16.5. The van der Waals surface area contributed by atoms with E-state index in [0.29, 0.717) is 25.1 Å². The second-order valence-corrected chi connectivity index (χ2v) is 7.27. The van der Waals surface area contributed by atoms with E-state index in [2.05, 4.69) is 23.1 Å². The summed E-state index contributed by atoms with van der Waals surface area (Å²) < 4.78 is 6.05. The number of carboxylic acid groups (broad SMARTS) is 1. The van der Waals surface area contributed by atoms with Crippen molar-refractivity contribution in [1.82, 2.24) is 4.90 Å². The van der Waals surface area contributed by atoms with Crippen molar-refractivity contribution in [3.8, 4) is 5.75 Å². The average Bonchev–Trinajstić information content (AvgIpc) is 3.01. The predicted octanol–water partition coefficient (Wildman–Crippen LogP) is 3.94. The molecule has 2 aromatic rings. The third kappa shape index (κ3) is 3.23. The minimum absolute atomic E-state index is 0.343. The van der Waals surface area contributed by atoms with Gasteiger partial charge < -0.3 is 9.84 Å². The molecule has 1 saturated carbocycles. The van der Waals surface area contributed by atoms with Crippen LogP contribution in [0.25, 0.3) is 10.8 Å². The molecule has 0 amide bonds.